The molecule has 2 rings (SSSR count). The van der Waals surface area contributed by atoms with Crippen molar-refractivity contribution in [3.05, 3.63) is 29.8 Å². The van der Waals surface area contributed by atoms with Crippen LogP contribution >= 0.6 is 0 Å². The van der Waals surface area contributed by atoms with E-state index < -0.39 is 24.4 Å². The average Bonchev–Trinajstić information content (AvgIpc) is 2.60. The average molecular weight is 385 g/mol. The number of hydrogen-bond acceptors (Lipinski definition) is 3. The van der Waals surface area contributed by atoms with Crippen LogP contribution in [-0.2, 0) is 16.0 Å². The molecule has 2 amide bonds. The van der Waals surface area contributed by atoms with Crippen molar-refractivity contribution >= 4 is 17.5 Å². The summed E-state index contributed by atoms with van der Waals surface area (Å²) in [5, 5.41) is 5.18. The van der Waals surface area contributed by atoms with Gasteiger partial charge in [0.05, 0.1) is 0 Å². The van der Waals surface area contributed by atoms with E-state index in [4.69, 9.17) is 0 Å². The summed E-state index contributed by atoms with van der Waals surface area (Å²) < 4.78 is 37.4. The van der Waals surface area contributed by atoms with Crippen molar-refractivity contribution in [2.75, 3.05) is 19.4 Å². The van der Waals surface area contributed by atoms with Crippen LogP contribution in [0.25, 0.3) is 0 Å². The summed E-state index contributed by atoms with van der Waals surface area (Å²) >= 11 is 0. The highest BCUT2D eigenvalue weighted by Crippen LogP contribution is 2.25. The fraction of sp³-hybridized carbons (Fsp3) is 0.579. The van der Waals surface area contributed by atoms with Crippen molar-refractivity contribution in [2.24, 2.45) is 0 Å². The Morgan fingerprint density at radius 1 is 1.15 bits per heavy atom. The molecule has 8 heteroatoms. The first kappa shape index (κ1) is 21.2. The third kappa shape index (κ3) is 6.86. The standard InChI is InChI=1S/C19H26F3N3O2/c1-25(2)15-8-5-7-14(12-15)23-17(26)18(27)24-16-9-4-3-6-13(16)10-11-19(20,21)22/h3-4,6,9,14-15H,5,7-8,10-12H2,1-2H3,(H,23,26)(H,24,27)/t14-,15+/m0/s1. The molecule has 0 heterocycles. The third-order valence-electron chi connectivity index (χ3n) is 4.86. The number of nitrogens with one attached hydrogen (secondary N) is 2. The fourth-order valence-electron chi connectivity index (χ4n) is 3.33. The van der Waals surface area contributed by atoms with E-state index in [1.165, 1.54) is 12.1 Å². The first-order valence-electron chi connectivity index (χ1n) is 9.08. The lowest BCUT2D eigenvalue weighted by molar-refractivity contribution is -0.136. The van der Waals surface area contributed by atoms with E-state index in [0.29, 0.717) is 11.6 Å². The molecule has 0 spiro atoms. The molecule has 2 atom stereocenters. The number of anilines is 1. The number of para-hydroxylation sites is 1. The Morgan fingerprint density at radius 2 is 1.85 bits per heavy atom. The molecule has 0 unspecified atom stereocenters. The molecule has 0 radical (unpaired) electrons. The minimum Gasteiger partial charge on any atom is -0.345 e. The van der Waals surface area contributed by atoms with Gasteiger partial charge in [-0.1, -0.05) is 18.2 Å². The van der Waals surface area contributed by atoms with Gasteiger partial charge >= 0.3 is 18.0 Å². The molecule has 27 heavy (non-hydrogen) atoms. The SMILES string of the molecule is CN(C)[C@@H]1CCC[C@H](NC(=O)C(=O)Nc2ccccc2CCC(F)(F)F)C1. The van der Waals surface area contributed by atoms with Crippen LogP contribution in [0, 0.1) is 0 Å². The van der Waals surface area contributed by atoms with E-state index in [9.17, 15) is 22.8 Å². The molecule has 150 valence electrons. The van der Waals surface area contributed by atoms with Crippen LogP contribution < -0.4 is 10.6 Å². The van der Waals surface area contributed by atoms with Crippen LogP contribution in [0.3, 0.4) is 0 Å². The van der Waals surface area contributed by atoms with Crippen LogP contribution in [0.5, 0.6) is 0 Å². The molecule has 0 bridgehead atoms. The van der Waals surface area contributed by atoms with Gasteiger partial charge in [-0.2, -0.15) is 13.2 Å². The second-order valence-electron chi connectivity index (χ2n) is 7.18. The number of halogens is 3. The highest BCUT2D eigenvalue weighted by atomic mass is 19.4. The van der Waals surface area contributed by atoms with Crippen molar-refractivity contribution in [3.8, 4) is 0 Å². The Bertz CT molecular complexity index is 662. The maximum atomic E-state index is 12.5. The number of nitrogens with zero attached hydrogens (tertiary/aromatic N) is 1. The van der Waals surface area contributed by atoms with Crippen molar-refractivity contribution in [3.63, 3.8) is 0 Å². The molecular weight excluding hydrogens is 359 g/mol. The topological polar surface area (TPSA) is 61.4 Å². The number of hydrogen-bond donors (Lipinski definition) is 2. The molecule has 2 N–H and O–H groups in total. The summed E-state index contributed by atoms with van der Waals surface area (Å²) in [6.07, 6.45) is -1.92. The van der Waals surface area contributed by atoms with Gasteiger partial charge in [-0.05, 0) is 57.8 Å². The van der Waals surface area contributed by atoms with Gasteiger partial charge in [0.2, 0.25) is 0 Å². The van der Waals surface area contributed by atoms with Crippen LogP contribution in [0.2, 0.25) is 0 Å². The van der Waals surface area contributed by atoms with Gasteiger partial charge in [-0.15, -0.1) is 0 Å². The zero-order valence-electron chi connectivity index (χ0n) is 15.6. The Balaban J connectivity index is 1.93. The van der Waals surface area contributed by atoms with E-state index >= 15 is 0 Å². The molecule has 1 aliphatic carbocycles. The second-order valence-corrected chi connectivity index (χ2v) is 7.18. The predicted molar refractivity (Wildman–Crippen MR) is 97.3 cm³/mol. The fourth-order valence-corrected chi connectivity index (χ4v) is 3.33. The molecule has 0 aliphatic heterocycles. The number of rotatable bonds is 5. The molecular formula is C19H26F3N3O2. The summed E-state index contributed by atoms with van der Waals surface area (Å²) in [6, 6.07) is 6.50. The lowest BCUT2D eigenvalue weighted by Crippen LogP contribution is -2.47. The van der Waals surface area contributed by atoms with E-state index in [2.05, 4.69) is 15.5 Å². The number of carbonyl (C=O) groups excluding carboxylic acids is 2. The zero-order valence-corrected chi connectivity index (χ0v) is 15.6. The molecule has 1 aliphatic rings. The number of aryl methyl sites for hydroxylation is 1. The first-order chi connectivity index (χ1) is 12.7. The monoisotopic (exact) mass is 385 g/mol. The summed E-state index contributed by atoms with van der Waals surface area (Å²) in [4.78, 5) is 26.5. The van der Waals surface area contributed by atoms with Crippen LogP contribution in [0.15, 0.2) is 24.3 Å². The van der Waals surface area contributed by atoms with Gasteiger partial charge < -0.3 is 15.5 Å². The molecule has 1 saturated carbocycles. The summed E-state index contributed by atoms with van der Waals surface area (Å²) in [7, 11) is 3.97. The highest BCUT2D eigenvalue weighted by Gasteiger charge is 2.28. The van der Waals surface area contributed by atoms with Gasteiger partial charge in [-0.3, -0.25) is 9.59 Å². The summed E-state index contributed by atoms with van der Waals surface area (Å²) in [5.74, 6) is -1.62. The summed E-state index contributed by atoms with van der Waals surface area (Å²) in [6.45, 7) is 0. The van der Waals surface area contributed by atoms with Gasteiger partial charge in [-0.25, -0.2) is 0 Å². The number of benzene rings is 1. The molecule has 0 aromatic heterocycles. The first-order valence-corrected chi connectivity index (χ1v) is 9.08. The number of alkyl halides is 3. The number of amides is 2. The quantitative estimate of drug-likeness (QED) is 0.766. The van der Waals surface area contributed by atoms with Gasteiger partial charge in [0, 0.05) is 24.2 Å². The second kappa shape index (κ2) is 9.21. The third-order valence-corrected chi connectivity index (χ3v) is 4.86. The molecule has 1 aromatic rings. The highest BCUT2D eigenvalue weighted by molar-refractivity contribution is 6.39. The molecule has 1 fully saturated rings. The van der Waals surface area contributed by atoms with Crippen molar-refractivity contribution in [2.45, 2.75) is 56.8 Å². The normalized spacial score (nSPS) is 20.4. The molecule has 5 nitrogen and oxygen atoms in total. The lowest BCUT2D eigenvalue weighted by atomic mass is 9.90. The Kier molecular flexibility index (Phi) is 7.24. The van der Waals surface area contributed by atoms with Gasteiger partial charge in [0.15, 0.2) is 0 Å². The van der Waals surface area contributed by atoms with Crippen LogP contribution in [0.4, 0.5) is 18.9 Å². The van der Waals surface area contributed by atoms with Crippen molar-refractivity contribution in [1.82, 2.24) is 10.2 Å². The van der Waals surface area contributed by atoms with E-state index in [-0.39, 0.29) is 18.2 Å². The van der Waals surface area contributed by atoms with Gasteiger partial charge in [0.25, 0.3) is 0 Å². The smallest absolute Gasteiger partial charge is 0.345 e. The Morgan fingerprint density at radius 3 is 2.52 bits per heavy atom. The Hall–Kier alpha value is -2.09. The summed E-state index contributed by atoms with van der Waals surface area (Å²) in [5.41, 5.74) is 0.582. The minimum atomic E-state index is -4.28. The van der Waals surface area contributed by atoms with Crippen LogP contribution in [-0.4, -0.2) is 49.1 Å². The minimum absolute atomic E-state index is 0.0788. The van der Waals surface area contributed by atoms with E-state index in [0.717, 1.165) is 25.7 Å². The Labute approximate surface area is 157 Å². The maximum Gasteiger partial charge on any atom is 0.389 e. The van der Waals surface area contributed by atoms with Crippen molar-refractivity contribution < 1.29 is 22.8 Å². The largest absolute Gasteiger partial charge is 0.389 e. The van der Waals surface area contributed by atoms with Crippen LogP contribution in [0.1, 0.15) is 37.7 Å². The van der Waals surface area contributed by atoms with Gasteiger partial charge in [0.1, 0.15) is 0 Å². The number of carbonyl (C=O) groups is 2. The molecule has 0 saturated heterocycles. The van der Waals surface area contributed by atoms with E-state index in [1.807, 2.05) is 14.1 Å². The molecule has 1 aromatic carbocycles. The van der Waals surface area contributed by atoms with E-state index in [1.54, 1.807) is 12.1 Å². The van der Waals surface area contributed by atoms with Crippen molar-refractivity contribution in [1.29, 1.82) is 0 Å². The maximum absolute atomic E-state index is 12.5. The predicted octanol–water partition coefficient (Wildman–Crippen LogP) is 3.11. The zero-order chi connectivity index (χ0) is 20.0. The lowest BCUT2D eigenvalue weighted by Gasteiger charge is -2.33.